The van der Waals surface area contributed by atoms with Crippen molar-refractivity contribution in [3.8, 4) is 11.5 Å². The number of carbonyl (C=O) groups excluding carboxylic acids is 2. The number of likely N-dealkylation sites (tertiary alicyclic amines) is 2. The maximum Gasteiger partial charge on any atom is 0.254 e. The number of ether oxygens (including phenoxy) is 2. The van der Waals surface area contributed by atoms with Crippen LogP contribution in [0, 0.1) is 5.92 Å². The third-order valence-electron chi connectivity index (χ3n) is 5.23. The lowest BCUT2D eigenvalue weighted by Crippen LogP contribution is -2.62. The molecule has 0 aromatic heterocycles. The summed E-state index contributed by atoms with van der Waals surface area (Å²) in [6, 6.07) is 5.60. The first kappa shape index (κ1) is 17.5. The third-order valence-corrected chi connectivity index (χ3v) is 5.23. The molecule has 2 aliphatic heterocycles. The molecule has 0 atom stereocenters. The van der Waals surface area contributed by atoms with Crippen molar-refractivity contribution in [2.24, 2.45) is 11.7 Å². The van der Waals surface area contributed by atoms with Crippen LogP contribution in [-0.4, -0.2) is 68.1 Å². The van der Waals surface area contributed by atoms with Crippen molar-refractivity contribution in [2.45, 2.75) is 18.9 Å². The lowest BCUT2D eigenvalue weighted by atomic mass is 9.93. The van der Waals surface area contributed by atoms with Crippen molar-refractivity contribution >= 4 is 11.8 Å². The quantitative estimate of drug-likeness (QED) is 0.849. The number of methoxy groups -OCH3 is 2. The topological polar surface area (TPSA) is 85.1 Å². The van der Waals surface area contributed by atoms with E-state index < -0.39 is 0 Å². The summed E-state index contributed by atoms with van der Waals surface area (Å²) >= 11 is 0. The Morgan fingerprint density at radius 3 is 2.28 bits per heavy atom. The van der Waals surface area contributed by atoms with E-state index in [4.69, 9.17) is 15.2 Å². The highest BCUT2D eigenvalue weighted by molar-refractivity contribution is 5.95. The highest BCUT2D eigenvalue weighted by Crippen LogP contribution is 2.29. The molecule has 2 N–H and O–H groups in total. The molecule has 0 saturated carbocycles. The van der Waals surface area contributed by atoms with Crippen LogP contribution >= 0.6 is 0 Å². The third kappa shape index (κ3) is 3.56. The highest BCUT2D eigenvalue weighted by atomic mass is 16.5. The molecule has 1 aromatic rings. The Bertz CT molecular complexity index is 650. The maximum atomic E-state index is 12.6. The summed E-state index contributed by atoms with van der Waals surface area (Å²) in [5.41, 5.74) is 5.98. The van der Waals surface area contributed by atoms with Crippen LogP contribution in [0.1, 0.15) is 23.2 Å². The van der Waals surface area contributed by atoms with Crippen molar-refractivity contribution < 1.29 is 19.1 Å². The van der Waals surface area contributed by atoms with Crippen LogP contribution in [0.15, 0.2) is 18.2 Å². The Labute approximate surface area is 147 Å². The van der Waals surface area contributed by atoms with Gasteiger partial charge in [-0.1, -0.05) is 0 Å². The first-order valence-electron chi connectivity index (χ1n) is 8.58. The Morgan fingerprint density at radius 1 is 1.08 bits per heavy atom. The number of nitrogens with two attached hydrogens (primary N) is 1. The van der Waals surface area contributed by atoms with E-state index in [1.807, 2.05) is 4.90 Å². The first-order valence-corrected chi connectivity index (χ1v) is 8.58. The molecule has 2 saturated heterocycles. The van der Waals surface area contributed by atoms with E-state index in [0.717, 1.165) is 25.9 Å². The van der Waals surface area contributed by atoms with Crippen LogP contribution in [0.3, 0.4) is 0 Å². The molecule has 25 heavy (non-hydrogen) atoms. The number of hydrogen-bond donors (Lipinski definition) is 1. The normalized spacial score (nSPS) is 19.4. The molecule has 2 amide bonds. The summed E-state index contributed by atoms with van der Waals surface area (Å²) < 4.78 is 10.5. The lowest BCUT2D eigenvalue weighted by molar-refractivity contribution is -0.123. The molecule has 0 unspecified atom stereocenters. The zero-order valence-corrected chi connectivity index (χ0v) is 14.7. The molecule has 2 aliphatic rings. The molecule has 0 radical (unpaired) electrons. The van der Waals surface area contributed by atoms with E-state index >= 15 is 0 Å². The molecule has 0 bridgehead atoms. The van der Waals surface area contributed by atoms with Crippen molar-refractivity contribution in [1.29, 1.82) is 0 Å². The van der Waals surface area contributed by atoms with Gasteiger partial charge >= 0.3 is 0 Å². The van der Waals surface area contributed by atoms with Crippen molar-refractivity contribution in [1.82, 2.24) is 9.80 Å². The van der Waals surface area contributed by atoms with Gasteiger partial charge < -0.3 is 20.1 Å². The van der Waals surface area contributed by atoms with Gasteiger partial charge in [0.15, 0.2) is 11.5 Å². The summed E-state index contributed by atoms with van der Waals surface area (Å²) in [6.07, 6.45) is 1.63. The molecule has 2 heterocycles. The zero-order valence-electron chi connectivity index (χ0n) is 14.7. The fraction of sp³-hybridized carbons (Fsp3) is 0.556. The average Bonchev–Trinajstić information content (AvgIpc) is 2.60. The van der Waals surface area contributed by atoms with Gasteiger partial charge in [0.2, 0.25) is 5.91 Å². The van der Waals surface area contributed by atoms with Gasteiger partial charge in [0.1, 0.15) is 0 Å². The Balaban J connectivity index is 1.54. The second-order valence-electron chi connectivity index (χ2n) is 6.65. The predicted molar refractivity (Wildman–Crippen MR) is 92.7 cm³/mol. The molecule has 7 nitrogen and oxygen atoms in total. The van der Waals surface area contributed by atoms with Crippen molar-refractivity contribution in [2.75, 3.05) is 40.4 Å². The molecule has 0 spiro atoms. The summed E-state index contributed by atoms with van der Waals surface area (Å²) in [5.74, 6) is 0.973. The summed E-state index contributed by atoms with van der Waals surface area (Å²) in [5, 5.41) is 0. The predicted octanol–water partition coefficient (Wildman–Crippen LogP) is 0.726. The van der Waals surface area contributed by atoms with Gasteiger partial charge in [-0.2, -0.15) is 0 Å². The summed E-state index contributed by atoms with van der Waals surface area (Å²) in [4.78, 5) is 28.1. The Morgan fingerprint density at radius 2 is 1.72 bits per heavy atom. The molecular weight excluding hydrogens is 322 g/mol. The number of benzene rings is 1. The minimum Gasteiger partial charge on any atom is -0.493 e. The van der Waals surface area contributed by atoms with Gasteiger partial charge in [0.05, 0.1) is 14.2 Å². The standard InChI is InChI=1S/C18H25N3O4/c1-24-15-4-3-13(9-16(15)25-2)18(23)21-10-14(11-21)20-7-5-12(6-8-20)17(19)22/h3-4,9,12,14H,5-8,10-11H2,1-2H3,(H2,19,22). The minimum absolute atomic E-state index is 0.000764. The molecule has 0 aliphatic carbocycles. The number of rotatable bonds is 5. The molecule has 1 aromatic carbocycles. The Hall–Kier alpha value is -2.28. The monoisotopic (exact) mass is 347 g/mol. The summed E-state index contributed by atoms with van der Waals surface area (Å²) in [7, 11) is 3.13. The number of hydrogen-bond acceptors (Lipinski definition) is 5. The highest BCUT2D eigenvalue weighted by Gasteiger charge is 2.37. The zero-order chi connectivity index (χ0) is 18.0. The van der Waals surface area contributed by atoms with Crippen LogP contribution in [0.2, 0.25) is 0 Å². The van der Waals surface area contributed by atoms with Gasteiger partial charge in [-0.3, -0.25) is 14.5 Å². The second kappa shape index (κ2) is 7.31. The van der Waals surface area contributed by atoms with E-state index in [0.29, 0.717) is 36.2 Å². The van der Waals surface area contributed by atoms with Crippen LogP contribution in [0.4, 0.5) is 0 Å². The summed E-state index contributed by atoms with van der Waals surface area (Å²) in [6.45, 7) is 3.18. The molecule has 7 heteroatoms. The fourth-order valence-electron chi connectivity index (χ4n) is 3.55. The van der Waals surface area contributed by atoms with Crippen LogP contribution in [0.5, 0.6) is 11.5 Å². The van der Waals surface area contributed by atoms with Crippen molar-refractivity contribution in [3.05, 3.63) is 23.8 Å². The van der Waals surface area contributed by atoms with E-state index in [1.54, 1.807) is 32.4 Å². The smallest absolute Gasteiger partial charge is 0.254 e. The fourth-order valence-corrected chi connectivity index (χ4v) is 3.55. The van der Waals surface area contributed by atoms with Crippen LogP contribution in [0.25, 0.3) is 0 Å². The number of carbonyl (C=O) groups is 2. The SMILES string of the molecule is COc1ccc(C(=O)N2CC(N3CCC(C(N)=O)CC3)C2)cc1OC. The number of nitrogens with zero attached hydrogens (tertiary/aromatic N) is 2. The first-order chi connectivity index (χ1) is 12.0. The van der Waals surface area contributed by atoms with Gasteiger partial charge in [0, 0.05) is 30.6 Å². The van der Waals surface area contributed by atoms with Crippen LogP contribution in [-0.2, 0) is 4.79 Å². The van der Waals surface area contributed by atoms with Crippen molar-refractivity contribution in [3.63, 3.8) is 0 Å². The molecule has 3 rings (SSSR count). The van der Waals surface area contributed by atoms with E-state index in [2.05, 4.69) is 4.90 Å². The number of amides is 2. The van der Waals surface area contributed by atoms with E-state index in [1.165, 1.54) is 0 Å². The molecular formula is C18H25N3O4. The van der Waals surface area contributed by atoms with E-state index in [-0.39, 0.29) is 17.7 Å². The number of piperidine rings is 1. The lowest BCUT2D eigenvalue weighted by Gasteiger charge is -2.47. The Kier molecular flexibility index (Phi) is 5.13. The largest absolute Gasteiger partial charge is 0.493 e. The van der Waals surface area contributed by atoms with E-state index in [9.17, 15) is 9.59 Å². The van der Waals surface area contributed by atoms with Gasteiger partial charge in [-0.25, -0.2) is 0 Å². The average molecular weight is 347 g/mol. The molecule has 136 valence electrons. The second-order valence-corrected chi connectivity index (χ2v) is 6.65. The van der Waals surface area contributed by atoms with Gasteiger partial charge in [-0.15, -0.1) is 0 Å². The van der Waals surface area contributed by atoms with Gasteiger partial charge in [-0.05, 0) is 44.1 Å². The maximum absolute atomic E-state index is 12.6. The minimum atomic E-state index is -0.196. The van der Waals surface area contributed by atoms with Crippen LogP contribution < -0.4 is 15.2 Å². The number of primary amides is 1. The molecule has 2 fully saturated rings. The van der Waals surface area contributed by atoms with Gasteiger partial charge in [0.25, 0.3) is 5.91 Å².